The molecule has 2 amide bonds. The van der Waals surface area contributed by atoms with Crippen molar-refractivity contribution in [3.8, 4) is 5.75 Å². The zero-order valence-electron chi connectivity index (χ0n) is 16.3. The molecular weight excluding hydrogens is 396 g/mol. The van der Waals surface area contributed by atoms with Gasteiger partial charge in [-0.05, 0) is 31.2 Å². The van der Waals surface area contributed by atoms with Gasteiger partial charge >= 0.3 is 0 Å². The summed E-state index contributed by atoms with van der Waals surface area (Å²) in [6, 6.07) is 6.90. The number of carbonyl (C=O) groups is 2. The zero-order chi connectivity index (χ0) is 20.9. The normalized spacial score (nSPS) is 19.2. The number of hydrogen-bond acceptors (Lipinski definition) is 5. The van der Waals surface area contributed by atoms with Crippen LogP contribution >= 0.6 is 11.6 Å². The third kappa shape index (κ3) is 5.71. The topological polar surface area (TPSA) is 99.7 Å². The third-order valence-corrected chi connectivity index (χ3v) is 5.16. The average molecular weight is 421 g/mol. The highest BCUT2D eigenvalue weighted by Crippen LogP contribution is 2.25. The molecule has 0 saturated carbocycles. The average Bonchev–Trinajstić information content (AvgIpc) is 3.10. The Morgan fingerprint density at radius 3 is 2.76 bits per heavy atom. The van der Waals surface area contributed by atoms with E-state index in [0.717, 1.165) is 5.82 Å². The van der Waals surface area contributed by atoms with Crippen LogP contribution < -0.4 is 10.5 Å². The van der Waals surface area contributed by atoms with Crippen molar-refractivity contribution < 1.29 is 19.1 Å². The van der Waals surface area contributed by atoms with Crippen LogP contribution in [0.2, 0.25) is 5.02 Å². The molecule has 1 fully saturated rings. The molecule has 29 heavy (non-hydrogen) atoms. The summed E-state index contributed by atoms with van der Waals surface area (Å²) in [7, 11) is 0. The molecule has 0 unspecified atom stereocenters. The summed E-state index contributed by atoms with van der Waals surface area (Å²) in [5.41, 5.74) is 4.47. The highest BCUT2D eigenvalue weighted by molar-refractivity contribution is 6.30. The van der Waals surface area contributed by atoms with Gasteiger partial charge in [-0.3, -0.25) is 9.59 Å². The maximum atomic E-state index is 12.8. The number of amides is 2. The van der Waals surface area contributed by atoms with Crippen molar-refractivity contribution >= 4 is 23.4 Å². The third-order valence-electron chi connectivity index (χ3n) is 4.90. The van der Waals surface area contributed by atoms with E-state index in [9.17, 15) is 9.59 Å². The monoisotopic (exact) mass is 420 g/mol. The first-order chi connectivity index (χ1) is 13.9. The smallest absolute Gasteiger partial charge is 0.224 e. The van der Waals surface area contributed by atoms with Crippen molar-refractivity contribution in [1.82, 2.24) is 14.5 Å². The van der Waals surface area contributed by atoms with E-state index in [2.05, 4.69) is 4.98 Å². The van der Waals surface area contributed by atoms with E-state index >= 15 is 0 Å². The summed E-state index contributed by atoms with van der Waals surface area (Å²) in [5.74, 6) is 0.940. The van der Waals surface area contributed by atoms with Crippen LogP contribution in [0.3, 0.4) is 0 Å². The van der Waals surface area contributed by atoms with E-state index in [-0.39, 0.29) is 25.5 Å². The van der Waals surface area contributed by atoms with Crippen LogP contribution in [0, 0.1) is 6.92 Å². The number of carbonyl (C=O) groups excluding carboxylic acids is 2. The predicted octanol–water partition coefficient (Wildman–Crippen LogP) is 1.79. The number of imidazole rings is 1. The number of nitrogens with two attached hydrogens (primary N) is 1. The highest BCUT2D eigenvalue weighted by atomic mass is 35.5. The van der Waals surface area contributed by atoms with Gasteiger partial charge in [-0.15, -0.1) is 0 Å². The Morgan fingerprint density at radius 1 is 1.34 bits per heavy atom. The Labute approximate surface area is 174 Å². The molecule has 0 bridgehead atoms. The Morgan fingerprint density at radius 2 is 2.10 bits per heavy atom. The molecule has 9 heteroatoms. The maximum Gasteiger partial charge on any atom is 0.224 e. The quantitative estimate of drug-likeness (QED) is 0.701. The van der Waals surface area contributed by atoms with E-state index in [4.69, 9.17) is 26.8 Å². The second-order valence-electron chi connectivity index (χ2n) is 7.15. The summed E-state index contributed by atoms with van der Waals surface area (Å²) in [5, 5.41) is 0.600. The molecule has 3 rings (SSSR count). The Kier molecular flexibility index (Phi) is 6.76. The van der Waals surface area contributed by atoms with E-state index in [1.807, 2.05) is 17.7 Å². The molecule has 2 heterocycles. The summed E-state index contributed by atoms with van der Waals surface area (Å²) in [4.78, 5) is 30.3. The minimum atomic E-state index is -0.982. The number of aromatic nitrogens is 2. The minimum Gasteiger partial charge on any atom is -0.490 e. The van der Waals surface area contributed by atoms with Crippen LogP contribution in [-0.4, -0.2) is 58.2 Å². The Balaban J connectivity index is 1.64. The number of benzene rings is 1. The fraction of sp³-hybridized carbons (Fsp3) is 0.450. The van der Waals surface area contributed by atoms with Crippen molar-refractivity contribution in [2.75, 3.05) is 26.3 Å². The summed E-state index contributed by atoms with van der Waals surface area (Å²) in [6.07, 6.45) is 3.85. The van der Waals surface area contributed by atoms with E-state index in [1.54, 1.807) is 35.4 Å². The summed E-state index contributed by atoms with van der Waals surface area (Å²) >= 11 is 5.90. The van der Waals surface area contributed by atoms with Crippen molar-refractivity contribution in [1.29, 1.82) is 0 Å². The fourth-order valence-electron chi connectivity index (χ4n) is 3.38. The van der Waals surface area contributed by atoms with E-state index in [1.165, 1.54) is 0 Å². The first-order valence-corrected chi connectivity index (χ1v) is 9.81. The molecule has 1 aliphatic rings. The second kappa shape index (κ2) is 9.28. The lowest BCUT2D eigenvalue weighted by molar-refractivity contribution is -0.161. The lowest BCUT2D eigenvalue weighted by Crippen LogP contribution is -2.58. The molecule has 156 valence electrons. The van der Waals surface area contributed by atoms with Crippen LogP contribution in [0.25, 0.3) is 0 Å². The van der Waals surface area contributed by atoms with Gasteiger partial charge < -0.3 is 24.7 Å². The van der Waals surface area contributed by atoms with Gasteiger partial charge in [0.05, 0.1) is 19.6 Å². The van der Waals surface area contributed by atoms with Gasteiger partial charge in [-0.1, -0.05) is 11.6 Å². The number of rotatable bonds is 8. The molecule has 0 aliphatic carbocycles. The highest BCUT2D eigenvalue weighted by Gasteiger charge is 2.40. The molecule has 1 aromatic carbocycles. The van der Waals surface area contributed by atoms with Gasteiger partial charge in [-0.25, -0.2) is 4.98 Å². The van der Waals surface area contributed by atoms with Gasteiger partial charge in [-0.2, -0.15) is 0 Å². The second-order valence-corrected chi connectivity index (χ2v) is 7.59. The first kappa shape index (κ1) is 21.1. The van der Waals surface area contributed by atoms with Crippen LogP contribution in [0.5, 0.6) is 5.75 Å². The van der Waals surface area contributed by atoms with Gasteiger partial charge in [0.1, 0.15) is 23.8 Å². The van der Waals surface area contributed by atoms with Crippen molar-refractivity contribution in [3.05, 3.63) is 47.5 Å². The Bertz CT molecular complexity index is 854. The molecule has 8 nitrogen and oxygen atoms in total. The number of nitrogens with zero attached hydrogens (tertiary/aromatic N) is 3. The lowest BCUT2D eigenvalue weighted by atomic mass is 9.97. The molecule has 2 aromatic rings. The standard InChI is InChI=1S/C20H25ClN4O4/c1-15-23-7-9-24(15)8-6-19(27)25-10-11-29-20(13-25,12-18(22)26)14-28-17-4-2-16(21)3-5-17/h2-5,7,9H,6,8,10-14H2,1H3,(H2,22,26)/t20-/m0/s1. The van der Waals surface area contributed by atoms with Crippen molar-refractivity contribution in [2.24, 2.45) is 5.73 Å². The van der Waals surface area contributed by atoms with Gasteiger partial charge in [0.15, 0.2) is 0 Å². The molecule has 1 saturated heterocycles. The van der Waals surface area contributed by atoms with Gasteiger partial charge in [0, 0.05) is 36.9 Å². The molecule has 1 atom stereocenters. The van der Waals surface area contributed by atoms with Gasteiger partial charge in [0.2, 0.25) is 11.8 Å². The molecule has 0 spiro atoms. The van der Waals surface area contributed by atoms with E-state index < -0.39 is 11.5 Å². The van der Waals surface area contributed by atoms with Gasteiger partial charge in [0.25, 0.3) is 0 Å². The number of hydrogen-bond donors (Lipinski definition) is 1. The number of ether oxygens (including phenoxy) is 2. The molecular formula is C20H25ClN4O4. The fourth-order valence-corrected chi connectivity index (χ4v) is 3.51. The summed E-state index contributed by atoms with van der Waals surface area (Å²) < 4.78 is 13.7. The Hall–Kier alpha value is -2.58. The molecule has 0 radical (unpaired) electrons. The number of aryl methyl sites for hydroxylation is 2. The molecule has 1 aromatic heterocycles. The SMILES string of the molecule is Cc1nccn1CCC(=O)N1CCO[C@@](COc2ccc(Cl)cc2)(CC(N)=O)C1. The number of halogens is 1. The summed E-state index contributed by atoms with van der Waals surface area (Å²) in [6.45, 7) is 3.56. The number of primary amides is 1. The lowest BCUT2D eigenvalue weighted by Gasteiger charge is -2.42. The van der Waals surface area contributed by atoms with Crippen molar-refractivity contribution in [2.45, 2.75) is 31.9 Å². The van der Waals surface area contributed by atoms with Crippen LogP contribution in [0.1, 0.15) is 18.7 Å². The van der Waals surface area contributed by atoms with E-state index in [0.29, 0.717) is 36.9 Å². The van der Waals surface area contributed by atoms with Crippen LogP contribution in [0.15, 0.2) is 36.7 Å². The molecule has 2 N–H and O–H groups in total. The van der Waals surface area contributed by atoms with Crippen molar-refractivity contribution in [3.63, 3.8) is 0 Å². The maximum absolute atomic E-state index is 12.8. The minimum absolute atomic E-state index is 0.0123. The predicted molar refractivity (Wildman–Crippen MR) is 108 cm³/mol. The first-order valence-electron chi connectivity index (χ1n) is 9.43. The van der Waals surface area contributed by atoms with Crippen LogP contribution in [-0.2, 0) is 20.9 Å². The van der Waals surface area contributed by atoms with Crippen LogP contribution in [0.4, 0.5) is 0 Å². The zero-order valence-corrected chi connectivity index (χ0v) is 17.1. The number of morpholine rings is 1. The molecule has 1 aliphatic heterocycles. The largest absolute Gasteiger partial charge is 0.490 e.